The minimum Gasteiger partial charge on any atom is -0.497 e. The summed E-state index contributed by atoms with van der Waals surface area (Å²) in [5, 5.41) is 2.82. The molecule has 208 valence electrons. The fraction of sp³-hybridized carbons (Fsp3) is 0.310. The van der Waals surface area contributed by atoms with Crippen molar-refractivity contribution in [2.24, 2.45) is 0 Å². The molecule has 9 nitrogen and oxygen atoms in total. The molecule has 0 aromatic heterocycles. The zero-order chi connectivity index (χ0) is 28.6. The average molecular weight is 554 g/mol. The van der Waals surface area contributed by atoms with E-state index in [2.05, 4.69) is 5.32 Å². The fourth-order valence-electron chi connectivity index (χ4n) is 3.83. The van der Waals surface area contributed by atoms with Crippen LogP contribution in [0.3, 0.4) is 0 Å². The first kappa shape index (κ1) is 29.5. The molecular weight excluding hydrogens is 518 g/mol. The third kappa shape index (κ3) is 8.47. The second-order valence-corrected chi connectivity index (χ2v) is 11.3. The molecule has 0 fully saturated rings. The van der Waals surface area contributed by atoms with Crippen LogP contribution in [0.5, 0.6) is 17.2 Å². The van der Waals surface area contributed by atoms with Crippen molar-refractivity contribution < 1.29 is 27.5 Å². The predicted octanol–water partition coefficient (Wildman–Crippen LogP) is 4.20. The Morgan fingerprint density at radius 1 is 0.846 bits per heavy atom. The van der Waals surface area contributed by atoms with Gasteiger partial charge in [0.2, 0.25) is 21.8 Å². The third-order valence-electron chi connectivity index (χ3n) is 5.89. The molecule has 1 atom stereocenters. The van der Waals surface area contributed by atoms with Crippen LogP contribution in [0.15, 0.2) is 78.9 Å². The molecule has 0 radical (unpaired) electrons. The van der Waals surface area contributed by atoms with Crippen molar-refractivity contribution >= 4 is 27.5 Å². The van der Waals surface area contributed by atoms with Gasteiger partial charge in [0.15, 0.2) is 0 Å². The van der Waals surface area contributed by atoms with E-state index in [-0.39, 0.29) is 18.5 Å². The monoisotopic (exact) mass is 553 g/mol. The second kappa shape index (κ2) is 13.1. The van der Waals surface area contributed by atoms with E-state index in [1.54, 1.807) is 62.6 Å². The summed E-state index contributed by atoms with van der Waals surface area (Å²) in [5.41, 5.74) is 1.07. The highest BCUT2D eigenvalue weighted by atomic mass is 32.2. The molecule has 0 aliphatic heterocycles. The van der Waals surface area contributed by atoms with E-state index in [9.17, 15) is 18.0 Å². The van der Waals surface area contributed by atoms with Gasteiger partial charge >= 0.3 is 0 Å². The van der Waals surface area contributed by atoms with Crippen molar-refractivity contribution in [3.05, 3.63) is 84.4 Å². The van der Waals surface area contributed by atoms with Gasteiger partial charge in [-0.2, -0.15) is 0 Å². The fourth-order valence-corrected chi connectivity index (χ4v) is 4.68. The molecule has 3 rings (SSSR count). The molecule has 0 unspecified atom stereocenters. The highest BCUT2D eigenvalue weighted by molar-refractivity contribution is 7.92. The van der Waals surface area contributed by atoms with Gasteiger partial charge in [0.1, 0.15) is 29.8 Å². The molecule has 2 amide bonds. The molecule has 10 heteroatoms. The van der Waals surface area contributed by atoms with Crippen LogP contribution in [0.25, 0.3) is 0 Å². The molecule has 3 aromatic carbocycles. The zero-order valence-corrected chi connectivity index (χ0v) is 23.6. The van der Waals surface area contributed by atoms with Gasteiger partial charge < -0.3 is 19.7 Å². The van der Waals surface area contributed by atoms with Crippen LogP contribution in [-0.2, 0) is 26.2 Å². The third-order valence-corrected chi connectivity index (χ3v) is 7.03. The number of carbonyl (C=O) groups excluding carboxylic acids is 2. The Morgan fingerprint density at radius 2 is 1.41 bits per heavy atom. The first-order valence-electron chi connectivity index (χ1n) is 12.5. The van der Waals surface area contributed by atoms with Gasteiger partial charge in [-0.25, -0.2) is 8.42 Å². The minimum absolute atomic E-state index is 0.108. The molecule has 0 heterocycles. The van der Waals surface area contributed by atoms with E-state index in [0.29, 0.717) is 22.9 Å². The number of benzene rings is 3. The zero-order valence-electron chi connectivity index (χ0n) is 22.8. The summed E-state index contributed by atoms with van der Waals surface area (Å²) >= 11 is 0. The Hall–Kier alpha value is -4.05. The van der Waals surface area contributed by atoms with Crippen LogP contribution in [0.4, 0.5) is 5.69 Å². The smallest absolute Gasteiger partial charge is 0.244 e. The Balaban J connectivity index is 1.86. The van der Waals surface area contributed by atoms with Gasteiger partial charge in [-0.05, 0) is 74.9 Å². The number of nitrogens with zero attached hydrogens (tertiary/aromatic N) is 2. The number of ether oxygens (including phenoxy) is 2. The molecule has 3 aromatic rings. The van der Waals surface area contributed by atoms with E-state index < -0.39 is 28.5 Å². The Morgan fingerprint density at radius 3 is 1.95 bits per heavy atom. The van der Waals surface area contributed by atoms with Gasteiger partial charge in [0.05, 0.1) is 19.1 Å². The Bertz CT molecular complexity index is 1340. The van der Waals surface area contributed by atoms with E-state index >= 15 is 0 Å². The highest BCUT2D eigenvalue weighted by Gasteiger charge is 2.30. The minimum atomic E-state index is -3.84. The van der Waals surface area contributed by atoms with E-state index in [1.165, 1.54) is 4.90 Å². The lowest BCUT2D eigenvalue weighted by atomic mass is 10.1. The summed E-state index contributed by atoms with van der Waals surface area (Å²) in [7, 11) is -2.28. The molecule has 0 bridgehead atoms. The van der Waals surface area contributed by atoms with Crippen LogP contribution in [0.2, 0.25) is 0 Å². The molecule has 0 aliphatic rings. The first-order chi connectivity index (χ1) is 18.5. The topological polar surface area (TPSA) is 105 Å². The summed E-state index contributed by atoms with van der Waals surface area (Å²) in [4.78, 5) is 27.9. The number of hydrogen-bond donors (Lipinski definition) is 1. The van der Waals surface area contributed by atoms with Gasteiger partial charge in [0.25, 0.3) is 0 Å². The highest BCUT2D eigenvalue weighted by Crippen LogP contribution is 2.26. The summed E-state index contributed by atoms with van der Waals surface area (Å²) < 4.78 is 37.6. The van der Waals surface area contributed by atoms with Gasteiger partial charge in [-0.15, -0.1) is 0 Å². The number of rotatable bonds is 12. The molecular formula is C29H35N3O6S. The number of sulfonamides is 1. The van der Waals surface area contributed by atoms with Crippen LogP contribution in [0, 0.1) is 0 Å². The number of hydrogen-bond acceptors (Lipinski definition) is 6. The lowest BCUT2D eigenvalue weighted by molar-refractivity contribution is -0.139. The van der Waals surface area contributed by atoms with Crippen LogP contribution in [0.1, 0.15) is 26.3 Å². The van der Waals surface area contributed by atoms with Gasteiger partial charge in [-0.3, -0.25) is 13.9 Å². The van der Waals surface area contributed by atoms with Gasteiger partial charge in [0, 0.05) is 12.6 Å². The summed E-state index contributed by atoms with van der Waals surface area (Å²) in [6.45, 7) is 4.91. The number of carbonyl (C=O) groups is 2. The van der Waals surface area contributed by atoms with Gasteiger partial charge in [-0.1, -0.05) is 30.3 Å². The van der Waals surface area contributed by atoms with Crippen molar-refractivity contribution in [1.29, 1.82) is 0 Å². The SMILES string of the molecule is COc1ccc(CN(C(=O)CN(c2ccc(Oc3ccccc3)cc2)S(C)(=O)=O)[C@@H](C)C(=O)NC(C)C)cc1. The van der Waals surface area contributed by atoms with Crippen molar-refractivity contribution in [3.63, 3.8) is 0 Å². The predicted molar refractivity (Wildman–Crippen MR) is 151 cm³/mol. The Kier molecular flexibility index (Phi) is 9.95. The van der Waals surface area contributed by atoms with E-state index in [1.807, 2.05) is 44.2 Å². The van der Waals surface area contributed by atoms with E-state index in [0.717, 1.165) is 16.1 Å². The number of anilines is 1. The first-order valence-corrected chi connectivity index (χ1v) is 14.4. The summed E-state index contributed by atoms with van der Waals surface area (Å²) in [6.07, 6.45) is 1.04. The quantitative estimate of drug-likeness (QED) is 0.361. The lowest BCUT2D eigenvalue weighted by Gasteiger charge is -2.32. The molecule has 0 saturated heterocycles. The number of methoxy groups -OCH3 is 1. The molecule has 1 N–H and O–H groups in total. The molecule has 0 saturated carbocycles. The van der Waals surface area contributed by atoms with Crippen LogP contribution < -0.4 is 19.1 Å². The van der Waals surface area contributed by atoms with Crippen molar-refractivity contribution in [3.8, 4) is 17.2 Å². The largest absolute Gasteiger partial charge is 0.497 e. The number of nitrogens with one attached hydrogen (secondary N) is 1. The molecule has 0 aliphatic carbocycles. The van der Waals surface area contributed by atoms with Crippen molar-refractivity contribution in [2.45, 2.75) is 39.4 Å². The average Bonchev–Trinajstić information content (AvgIpc) is 2.90. The van der Waals surface area contributed by atoms with Crippen LogP contribution in [-0.4, -0.2) is 57.1 Å². The number of para-hydroxylation sites is 1. The van der Waals surface area contributed by atoms with E-state index in [4.69, 9.17) is 9.47 Å². The van der Waals surface area contributed by atoms with Crippen molar-refractivity contribution in [2.75, 3.05) is 24.2 Å². The maximum absolute atomic E-state index is 13.6. The maximum Gasteiger partial charge on any atom is 0.244 e. The normalized spacial score (nSPS) is 11.9. The van der Waals surface area contributed by atoms with Crippen LogP contribution >= 0.6 is 0 Å². The van der Waals surface area contributed by atoms with Crippen molar-refractivity contribution in [1.82, 2.24) is 10.2 Å². The lowest BCUT2D eigenvalue weighted by Crippen LogP contribution is -2.52. The summed E-state index contributed by atoms with van der Waals surface area (Å²) in [6, 6.07) is 21.8. The second-order valence-electron chi connectivity index (χ2n) is 9.39. The number of amides is 2. The standard InChI is InChI=1S/C29H35N3O6S/c1-21(2)30-29(34)22(3)31(19-23-11-15-25(37-4)16-12-23)28(33)20-32(39(5,35)36)24-13-17-27(18-14-24)38-26-9-7-6-8-10-26/h6-18,21-22H,19-20H2,1-5H3,(H,30,34)/t22-/m0/s1. The molecule has 39 heavy (non-hydrogen) atoms. The Labute approximate surface area is 230 Å². The maximum atomic E-state index is 13.6. The summed E-state index contributed by atoms with van der Waals surface area (Å²) in [5.74, 6) is 0.964. The molecule has 0 spiro atoms.